The zero-order chi connectivity index (χ0) is 15.9. The van der Waals surface area contributed by atoms with Gasteiger partial charge in [0.05, 0.1) is 5.69 Å². The Hall–Kier alpha value is -1.53. The highest BCUT2D eigenvalue weighted by Crippen LogP contribution is 2.48. The molecule has 0 aliphatic carbocycles. The van der Waals surface area contributed by atoms with Crippen LogP contribution in [0.4, 0.5) is 5.69 Å². The van der Waals surface area contributed by atoms with Crippen LogP contribution in [0.1, 0.15) is 20.8 Å². The Bertz CT molecular complexity index is 671. The Morgan fingerprint density at radius 2 is 1.64 bits per heavy atom. The van der Waals surface area contributed by atoms with Crippen LogP contribution in [0.2, 0.25) is 0 Å². The van der Waals surface area contributed by atoms with Gasteiger partial charge >= 0.3 is 0 Å². The summed E-state index contributed by atoms with van der Waals surface area (Å²) >= 11 is 7.14. The summed E-state index contributed by atoms with van der Waals surface area (Å²) in [5.74, 6) is 0.0168. The van der Waals surface area contributed by atoms with E-state index in [1.165, 1.54) is 10.6 Å². The fraction of sp³-hybridized carbons (Fsp3) is 0.375. The summed E-state index contributed by atoms with van der Waals surface area (Å²) in [5.41, 5.74) is 1.89. The van der Waals surface area contributed by atoms with Gasteiger partial charge in [0.1, 0.15) is 10.7 Å². The van der Waals surface area contributed by atoms with Gasteiger partial charge in [-0.05, 0) is 45.1 Å². The molecule has 1 aromatic carbocycles. The molecule has 4 nitrogen and oxygen atoms in total. The number of thioether (sulfide) groups is 1. The summed E-state index contributed by atoms with van der Waals surface area (Å²) in [7, 11) is 0. The van der Waals surface area contributed by atoms with E-state index < -0.39 is 0 Å². The molecule has 0 radical (unpaired) electrons. The van der Waals surface area contributed by atoms with Gasteiger partial charge in [0, 0.05) is 24.5 Å². The number of rotatable bonds is 3. The lowest BCUT2D eigenvalue weighted by atomic mass is 10.3. The molecule has 2 aliphatic heterocycles. The number of anilines is 1. The Labute approximate surface area is 140 Å². The first kappa shape index (κ1) is 15.4. The maximum Gasteiger partial charge on any atom is 0.279 e. The van der Waals surface area contributed by atoms with Crippen LogP contribution in [0.5, 0.6) is 0 Å². The van der Waals surface area contributed by atoms with Crippen LogP contribution in [0.3, 0.4) is 0 Å². The van der Waals surface area contributed by atoms with E-state index in [1.54, 1.807) is 16.7 Å². The number of fused-ring (bicyclic) bond motifs is 1. The van der Waals surface area contributed by atoms with Gasteiger partial charge in [-0.15, -0.1) is 0 Å². The molecule has 22 heavy (non-hydrogen) atoms. The van der Waals surface area contributed by atoms with Gasteiger partial charge in [0.2, 0.25) is 0 Å². The number of benzene rings is 1. The summed E-state index contributed by atoms with van der Waals surface area (Å²) in [6.45, 7) is 8.23. The number of amides is 1. The fourth-order valence-electron chi connectivity index (χ4n) is 2.88. The lowest BCUT2D eigenvalue weighted by Crippen LogP contribution is -2.32. The second-order valence-electron chi connectivity index (χ2n) is 5.04. The average molecular weight is 333 g/mol. The van der Waals surface area contributed by atoms with Crippen LogP contribution in [0.25, 0.3) is 0 Å². The number of hydrogen-bond donors (Lipinski definition) is 0. The highest BCUT2D eigenvalue weighted by Gasteiger charge is 2.41. The monoisotopic (exact) mass is 333 g/mol. The molecule has 0 saturated carbocycles. The number of nitrogens with zero attached hydrogens (tertiary/aromatic N) is 3. The van der Waals surface area contributed by atoms with Crippen LogP contribution in [0.15, 0.2) is 39.9 Å². The topological polar surface area (TPSA) is 26.8 Å². The normalized spacial score (nSPS) is 21.1. The highest BCUT2D eigenvalue weighted by atomic mass is 32.2. The molecule has 3 rings (SSSR count). The number of carbonyl (C=O) groups excluding carboxylic acids is 1. The largest absolute Gasteiger partial charge is 0.333 e. The summed E-state index contributed by atoms with van der Waals surface area (Å²) in [5, 5.41) is 1.61. The molecule has 0 bridgehead atoms. The van der Waals surface area contributed by atoms with Crippen LogP contribution < -0.4 is 4.90 Å². The third kappa shape index (κ3) is 2.13. The van der Waals surface area contributed by atoms with Gasteiger partial charge in [-0.25, -0.2) is 0 Å². The van der Waals surface area contributed by atoms with Crippen LogP contribution in [-0.2, 0) is 4.79 Å². The molecule has 0 spiro atoms. The standard InChI is InChI=1S/C16H19N3OS2/c1-4-17-11-9-7-8-10-12(11)22-15(17)13-14(20)19(6-3)16(21)18(13)5-2/h7-10H,4-6H2,1-3H3. The third-order valence-electron chi connectivity index (χ3n) is 3.94. The highest BCUT2D eigenvalue weighted by molar-refractivity contribution is 8.03. The molecule has 1 fully saturated rings. The van der Waals surface area contributed by atoms with E-state index in [9.17, 15) is 4.79 Å². The molecule has 0 unspecified atom stereocenters. The Morgan fingerprint density at radius 1 is 1.00 bits per heavy atom. The molecule has 6 heteroatoms. The zero-order valence-electron chi connectivity index (χ0n) is 13.0. The minimum atomic E-state index is 0.0168. The van der Waals surface area contributed by atoms with Crippen molar-refractivity contribution in [2.45, 2.75) is 25.7 Å². The second-order valence-corrected chi connectivity index (χ2v) is 6.44. The first-order valence-electron chi connectivity index (χ1n) is 7.56. The second kappa shape index (κ2) is 5.93. The summed E-state index contributed by atoms with van der Waals surface area (Å²) in [6, 6.07) is 8.27. The van der Waals surface area contributed by atoms with Crippen molar-refractivity contribution < 1.29 is 4.79 Å². The molecular formula is C16H19N3OS2. The van der Waals surface area contributed by atoms with Crippen molar-refractivity contribution in [3.8, 4) is 0 Å². The van der Waals surface area contributed by atoms with E-state index in [1.807, 2.05) is 30.9 Å². The van der Waals surface area contributed by atoms with Crippen LogP contribution >= 0.6 is 24.0 Å². The van der Waals surface area contributed by atoms with Gasteiger partial charge in [-0.2, -0.15) is 0 Å². The first-order valence-corrected chi connectivity index (χ1v) is 8.78. The molecule has 2 aliphatic rings. The average Bonchev–Trinajstić information content (AvgIpc) is 3.01. The molecular weight excluding hydrogens is 314 g/mol. The number of likely N-dealkylation sites (N-methyl/N-ethyl adjacent to an activating group) is 2. The quantitative estimate of drug-likeness (QED) is 0.625. The van der Waals surface area contributed by atoms with Crippen molar-refractivity contribution >= 4 is 40.7 Å². The SMILES string of the molecule is CCN1C(=O)C(=C2Sc3ccccc3N2CC)N(CC)C1=S. The lowest BCUT2D eigenvalue weighted by molar-refractivity contribution is -0.122. The molecule has 1 saturated heterocycles. The van der Waals surface area contributed by atoms with Crippen molar-refractivity contribution in [1.82, 2.24) is 9.80 Å². The minimum absolute atomic E-state index is 0.0168. The minimum Gasteiger partial charge on any atom is -0.333 e. The van der Waals surface area contributed by atoms with Crippen LogP contribution in [0, 0.1) is 0 Å². The molecule has 2 heterocycles. The summed E-state index contributed by atoms with van der Waals surface area (Å²) < 4.78 is 0. The smallest absolute Gasteiger partial charge is 0.279 e. The van der Waals surface area contributed by atoms with Crippen molar-refractivity contribution in [1.29, 1.82) is 0 Å². The molecule has 1 amide bonds. The van der Waals surface area contributed by atoms with Crippen molar-refractivity contribution in [2.24, 2.45) is 0 Å². The van der Waals surface area contributed by atoms with E-state index in [0.29, 0.717) is 18.2 Å². The van der Waals surface area contributed by atoms with Gasteiger partial charge in [0.25, 0.3) is 5.91 Å². The zero-order valence-corrected chi connectivity index (χ0v) is 14.6. The van der Waals surface area contributed by atoms with E-state index in [0.717, 1.165) is 17.3 Å². The van der Waals surface area contributed by atoms with Gasteiger partial charge in [-0.3, -0.25) is 9.69 Å². The predicted octanol–water partition coefficient (Wildman–Crippen LogP) is 3.26. The van der Waals surface area contributed by atoms with E-state index in [4.69, 9.17) is 12.2 Å². The van der Waals surface area contributed by atoms with E-state index in [2.05, 4.69) is 24.0 Å². The Morgan fingerprint density at radius 3 is 2.27 bits per heavy atom. The third-order valence-corrected chi connectivity index (χ3v) is 5.55. The maximum atomic E-state index is 12.8. The molecule has 1 aromatic rings. The Balaban J connectivity index is 2.13. The predicted molar refractivity (Wildman–Crippen MR) is 94.7 cm³/mol. The van der Waals surface area contributed by atoms with E-state index in [-0.39, 0.29) is 5.91 Å². The summed E-state index contributed by atoms with van der Waals surface area (Å²) in [6.07, 6.45) is 0. The van der Waals surface area contributed by atoms with Gasteiger partial charge < -0.3 is 9.80 Å². The number of hydrogen-bond acceptors (Lipinski definition) is 4. The first-order chi connectivity index (χ1) is 10.6. The maximum absolute atomic E-state index is 12.8. The van der Waals surface area contributed by atoms with Crippen molar-refractivity contribution in [2.75, 3.05) is 24.5 Å². The van der Waals surface area contributed by atoms with Crippen LogP contribution in [-0.4, -0.2) is 40.5 Å². The van der Waals surface area contributed by atoms with Gasteiger partial charge in [-0.1, -0.05) is 23.9 Å². The molecule has 0 N–H and O–H groups in total. The van der Waals surface area contributed by atoms with Gasteiger partial charge in [0.15, 0.2) is 5.11 Å². The summed E-state index contributed by atoms with van der Waals surface area (Å²) in [4.78, 5) is 19.8. The van der Waals surface area contributed by atoms with E-state index >= 15 is 0 Å². The lowest BCUT2D eigenvalue weighted by Gasteiger charge is -2.22. The number of carbonyl (C=O) groups is 1. The fourth-order valence-corrected chi connectivity index (χ4v) is 4.58. The molecule has 0 aromatic heterocycles. The van der Waals surface area contributed by atoms with Crippen molar-refractivity contribution in [3.05, 3.63) is 35.0 Å². The number of para-hydroxylation sites is 1. The Kier molecular flexibility index (Phi) is 4.14. The van der Waals surface area contributed by atoms with Crippen molar-refractivity contribution in [3.63, 3.8) is 0 Å². The number of thiocarbonyl (C=S) groups is 1. The molecule has 0 atom stereocenters. The molecule has 116 valence electrons.